The normalized spacial score (nSPS) is 16.7. The van der Waals surface area contributed by atoms with Gasteiger partial charge in [-0.15, -0.1) is 0 Å². The van der Waals surface area contributed by atoms with Crippen molar-refractivity contribution in [3.05, 3.63) is 77.0 Å². The molecule has 0 heterocycles. The molecule has 1 heteroatoms. The molecule has 0 fully saturated rings. The second kappa shape index (κ2) is 5.73. The van der Waals surface area contributed by atoms with E-state index in [0.717, 1.165) is 12.1 Å². The highest BCUT2D eigenvalue weighted by Crippen LogP contribution is 2.46. The van der Waals surface area contributed by atoms with E-state index in [1.807, 2.05) is 13.8 Å². The van der Waals surface area contributed by atoms with Crippen LogP contribution in [-0.4, -0.2) is 0 Å². The van der Waals surface area contributed by atoms with Crippen LogP contribution in [0.25, 0.3) is 16.7 Å². The Labute approximate surface area is 139 Å². The van der Waals surface area contributed by atoms with Gasteiger partial charge in [0, 0.05) is 23.1 Å². The fourth-order valence-electron chi connectivity index (χ4n) is 3.59. The predicted molar refractivity (Wildman–Crippen MR) is 100 cm³/mol. The number of rotatable bonds is 1. The van der Waals surface area contributed by atoms with Crippen LogP contribution in [0.2, 0.25) is 0 Å². The third kappa shape index (κ3) is 2.31. The lowest BCUT2D eigenvalue weighted by Crippen LogP contribution is -2.23. The van der Waals surface area contributed by atoms with Crippen molar-refractivity contribution in [3.63, 3.8) is 0 Å². The van der Waals surface area contributed by atoms with Crippen LogP contribution >= 0.6 is 0 Å². The van der Waals surface area contributed by atoms with Gasteiger partial charge in [0.2, 0.25) is 0 Å². The van der Waals surface area contributed by atoms with Crippen LogP contribution < -0.4 is 5.73 Å². The molecule has 0 atom stereocenters. The molecule has 23 heavy (non-hydrogen) atoms. The summed E-state index contributed by atoms with van der Waals surface area (Å²) in [5.41, 5.74) is 15.1. The Morgan fingerprint density at radius 3 is 2.35 bits per heavy atom. The number of benzene rings is 2. The first-order chi connectivity index (χ1) is 11.1. The zero-order valence-electron chi connectivity index (χ0n) is 14.5. The van der Waals surface area contributed by atoms with E-state index in [1.165, 1.54) is 33.4 Å². The van der Waals surface area contributed by atoms with Crippen molar-refractivity contribution < 1.29 is 0 Å². The third-order valence-electron chi connectivity index (χ3n) is 4.89. The summed E-state index contributed by atoms with van der Waals surface area (Å²) in [5.74, 6) is 0. The Hall–Kier alpha value is -2.28. The SMILES string of the molecule is CC.CC1(C)c2ccc(C3=C(N)CC=C3)c(c2)-c2ccccc21. The van der Waals surface area contributed by atoms with E-state index >= 15 is 0 Å². The first-order valence-corrected chi connectivity index (χ1v) is 8.49. The number of hydrogen-bond donors (Lipinski definition) is 1. The van der Waals surface area contributed by atoms with Crippen molar-refractivity contribution >= 4 is 5.57 Å². The largest absolute Gasteiger partial charge is 0.401 e. The maximum absolute atomic E-state index is 6.18. The third-order valence-corrected chi connectivity index (χ3v) is 4.89. The summed E-state index contributed by atoms with van der Waals surface area (Å²) < 4.78 is 0. The minimum atomic E-state index is 0.0631. The molecule has 2 aromatic carbocycles. The lowest BCUT2D eigenvalue weighted by atomic mass is 9.69. The summed E-state index contributed by atoms with van der Waals surface area (Å²) in [6, 6.07) is 15.6. The van der Waals surface area contributed by atoms with Gasteiger partial charge in [0.25, 0.3) is 0 Å². The topological polar surface area (TPSA) is 26.0 Å². The van der Waals surface area contributed by atoms with Crippen molar-refractivity contribution in [2.75, 3.05) is 0 Å². The number of hydrogen-bond acceptors (Lipinski definition) is 1. The van der Waals surface area contributed by atoms with Gasteiger partial charge >= 0.3 is 0 Å². The molecule has 1 nitrogen and oxygen atoms in total. The molecular weight excluding hydrogens is 278 g/mol. The average Bonchev–Trinajstić information content (AvgIpc) is 3.01. The molecule has 0 spiro atoms. The molecule has 2 bridgehead atoms. The summed E-state index contributed by atoms with van der Waals surface area (Å²) in [5, 5.41) is 0. The zero-order chi connectivity index (χ0) is 16.6. The van der Waals surface area contributed by atoms with Crippen LogP contribution in [0.15, 0.2) is 60.3 Å². The maximum atomic E-state index is 6.18. The fraction of sp³-hybridized carbons (Fsp3) is 0.273. The molecule has 0 aliphatic heterocycles. The minimum Gasteiger partial charge on any atom is -0.401 e. The molecule has 0 amide bonds. The smallest absolute Gasteiger partial charge is 0.0199 e. The minimum absolute atomic E-state index is 0.0631. The van der Waals surface area contributed by atoms with E-state index in [-0.39, 0.29) is 5.41 Å². The molecular formula is C22H25N. The Morgan fingerprint density at radius 2 is 1.65 bits per heavy atom. The first kappa shape index (κ1) is 15.6. The quantitative estimate of drug-likeness (QED) is 0.724. The number of allylic oxidation sites excluding steroid dienone is 3. The monoisotopic (exact) mass is 303 g/mol. The Morgan fingerprint density at radius 1 is 0.913 bits per heavy atom. The van der Waals surface area contributed by atoms with Gasteiger partial charge in [0.1, 0.15) is 0 Å². The maximum Gasteiger partial charge on any atom is 0.0199 e. The van der Waals surface area contributed by atoms with Crippen molar-refractivity contribution in [2.45, 2.75) is 39.5 Å². The van der Waals surface area contributed by atoms with Crippen molar-refractivity contribution in [1.82, 2.24) is 0 Å². The van der Waals surface area contributed by atoms with Gasteiger partial charge in [-0.25, -0.2) is 0 Å². The van der Waals surface area contributed by atoms with Crippen molar-refractivity contribution in [2.24, 2.45) is 5.73 Å². The van der Waals surface area contributed by atoms with Crippen LogP contribution in [0.4, 0.5) is 0 Å². The molecule has 0 saturated carbocycles. The van der Waals surface area contributed by atoms with Gasteiger partial charge < -0.3 is 5.73 Å². The van der Waals surface area contributed by atoms with E-state index in [4.69, 9.17) is 5.73 Å². The molecule has 0 unspecified atom stereocenters. The average molecular weight is 303 g/mol. The number of nitrogens with two attached hydrogens (primary N) is 1. The standard InChI is InChI=1S/C20H19N.C2H6/c1-20(2)13-10-11-14(16-7-5-9-19(16)21)17(12-13)15-6-3-4-8-18(15)20;1-2/h3-8,10-12H,9,21H2,1-2H3;1-2H3. The lowest BCUT2D eigenvalue weighted by molar-refractivity contribution is 0.637. The van der Waals surface area contributed by atoms with Gasteiger partial charge in [0.05, 0.1) is 0 Å². The summed E-state index contributed by atoms with van der Waals surface area (Å²) in [6.45, 7) is 8.60. The molecule has 0 radical (unpaired) electrons. The van der Waals surface area contributed by atoms with Crippen LogP contribution in [-0.2, 0) is 5.41 Å². The van der Waals surface area contributed by atoms with Crippen LogP contribution in [0, 0.1) is 0 Å². The summed E-state index contributed by atoms with van der Waals surface area (Å²) in [7, 11) is 0. The molecule has 2 aliphatic carbocycles. The molecule has 0 saturated heterocycles. The fourth-order valence-corrected chi connectivity index (χ4v) is 3.59. The number of fused-ring (bicyclic) bond motifs is 4. The van der Waals surface area contributed by atoms with Crippen LogP contribution in [0.5, 0.6) is 0 Å². The van der Waals surface area contributed by atoms with Crippen molar-refractivity contribution in [1.29, 1.82) is 0 Å². The highest BCUT2D eigenvalue weighted by atomic mass is 14.6. The highest BCUT2D eigenvalue weighted by molar-refractivity contribution is 5.91. The van der Waals surface area contributed by atoms with Crippen molar-refractivity contribution in [3.8, 4) is 11.1 Å². The molecule has 2 aliphatic rings. The molecule has 118 valence electrons. The zero-order valence-corrected chi connectivity index (χ0v) is 14.5. The van der Waals surface area contributed by atoms with E-state index in [0.29, 0.717) is 0 Å². The highest BCUT2D eigenvalue weighted by Gasteiger charge is 2.31. The van der Waals surface area contributed by atoms with Gasteiger partial charge in [0.15, 0.2) is 0 Å². The van der Waals surface area contributed by atoms with E-state index in [1.54, 1.807) is 0 Å². The van der Waals surface area contributed by atoms with Crippen LogP contribution in [0.1, 0.15) is 50.8 Å². The summed E-state index contributed by atoms with van der Waals surface area (Å²) >= 11 is 0. The molecule has 2 aromatic rings. The Balaban J connectivity index is 0.000000753. The Kier molecular flexibility index (Phi) is 3.89. The van der Waals surface area contributed by atoms with Crippen LogP contribution in [0.3, 0.4) is 0 Å². The Bertz CT molecular complexity index is 806. The molecule has 0 aromatic heterocycles. The molecule has 4 rings (SSSR count). The van der Waals surface area contributed by atoms with E-state index in [9.17, 15) is 0 Å². The summed E-state index contributed by atoms with van der Waals surface area (Å²) in [6.07, 6.45) is 5.16. The molecule has 2 N–H and O–H groups in total. The summed E-state index contributed by atoms with van der Waals surface area (Å²) in [4.78, 5) is 0. The van der Waals surface area contributed by atoms with Gasteiger partial charge in [-0.05, 0) is 33.9 Å². The second-order valence-electron chi connectivity index (χ2n) is 6.48. The predicted octanol–water partition coefficient (Wildman–Crippen LogP) is 5.65. The van der Waals surface area contributed by atoms with Gasteiger partial charge in [-0.1, -0.05) is 76.2 Å². The lowest BCUT2D eigenvalue weighted by Gasteiger charge is -2.34. The second-order valence-corrected chi connectivity index (χ2v) is 6.48. The van der Waals surface area contributed by atoms with Gasteiger partial charge in [-0.2, -0.15) is 0 Å². The van der Waals surface area contributed by atoms with Gasteiger partial charge in [-0.3, -0.25) is 0 Å². The van der Waals surface area contributed by atoms with E-state index in [2.05, 4.69) is 68.5 Å². The van der Waals surface area contributed by atoms with E-state index < -0.39 is 0 Å². The first-order valence-electron chi connectivity index (χ1n) is 8.49.